The van der Waals surface area contributed by atoms with Gasteiger partial charge in [0.1, 0.15) is 5.60 Å². The zero-order valence-corrected chi connectivity index (χ0v) is 13.0. The third-order valence-corrected chi connectivity index (χ3v) is 4.41. The molecule has 0 radical (unpaired) electrons. The van der Waals surface area contributed by atoms with Crippen LogP contribution in [0.3, 0.4) is 0 Å². The second-order valence-corrected chi connectivity index (χ2v) is 6.02. The number of anilines is 1. The van der Waals surface area contributed by atoms with E-state index < -0.39 is 5.60 Å². The molecular weight excluding hydrogens is 284 g/mol. The van der Waals surface area contributed by atoms with Gasteiger partial charge in [-0.05, 0) is 36.4 Å². The number of hydrogen-bond acceptors (Lipinski definition) is 3. The first kappa shape index (κ1) is 15.5. The summed E-state index contributed by atoms with van der Waals surface area (Å²) in [6.07, 6.45) is 0.851. The fourth-order valence-electron chi connectivity index (χ4n) is 2.04. The summed E-state index contributed by atoms with van der Waals surface area (Å²) in [5, 5.41) is 17.8. The van der Waals surface area contributed by atoms with Crippen LogP contribution in [0.5, 0.6) is 0 Å². The van der Waals surface area contributed by atoms with Gasteiger partial charge in [0, 0.05) is 10.6 Å². The number of aliphatic hydroxyl groups is 1. The molecule has 2 aromatic rings. The molecule has 1 unspecified atom stereocenters. The Kier molecular flexibility index (Phi) is 4.98. The lowest BCUT2D eigenvalue weighted by molar-refractivity contribution is 0.0637. The van der Waals surface area contributed by atoms with Crippen LogP contribution in [0.1, 0.15) is 24.3 Å². The molecule has 0 spiro atoms. The van der Waals surface area contributed by atoms with Gasteiger partial charge in [-0.2, -0.15) is 0 Å². The van der Waals surface area contributed by atoms with Gasteiger partial charge in [0.15, 0.2) is 0 Å². The topological polar surface area (TPSA) is 61.4 Å². The zero-order valence-electron chi connectivity index (χ0n) is 12.2. The van der Waals surface area contributed by atoms with E-state index in [9.17, 15) is 9.90 Å². The molecule has 5 heteroatoms. The molecular formula is C16H20N2O2S. The maximum atomic E-state index is 12.0. The van der Waals surface area contributed by atoms with Crippen molar-refractivity contribution < 1.29 is 9.90 Å². The Balaban J connectivity index is 1.93. The lowest BCUT2D eigenvalue weighted by atomic mass is 10.1. The second-order valence-electron chi connectivity index (χ2n) is 5.07. The summed E-state index contributed by atoms with van der Waals surface area (Å²) in [6, 6.07) is 11.1. The Morgan fingerprint density at radius 2 is 2.05 bits per heavy atom. The van der Waals surface area contributed by atoms with E-state index in [0.717, 1.165) is 22.5 Å². The normalized spacial score (nSPS) is 13.5. The lowest BCUT2D eigenvalue weighted by Crippen LogP contribution is -2.40. The molecule has 0 saturated heterocycles. The Morgan fingerprint density at radius 1 is 1.29 bits per heavy atom. The first-order valence-corrected chi connectivity index (χ1v) is 7.80. The molecule has 0 fully saturated rings. The highest BCUT2D eigenvalue weighted by Crippen LogP contribution is 2.24. The van der Waals surface area contributed by atoms with Gasteiger partial charge in [0.25, 0.3) is 0 Å². The SMILES string of the molecule is CCc1ccccc1NC(=O)NCC(C)(O)c1cccs1. The summed E-state index contributed by atoms with van der Waals surface area (Å²) in [6.45, 7) is 3.90. The van der Waals surface area contributed by atoms with Gasteiger partial charge in [-0.15, -0.1) is 11.3 Å². The maximum absolute atomic E-state index is 12.0. The molecule has 1 heterocycles. The van der Waals surface area contributed by atoms with Gasteiger partial charge < -0.3 is 15.7 Å². The molecule has 2 rings (SSSR count). The minimum absolute atomic E-state index is 0.160. The molecule has 0 bridgehead atoms. The molecule has 2 amide bonds. The third-order valence-electron chi connectivity index (χ3n) is 3.29. The number of carbonyl (C=O) groups excluding carboxylic acids is 1. The maximum Gasteiger partial charge on any atom is 0.319 e. The van der Waals surface area contributed by atoms with Crippen molar-refractivity contribution in [2.75, 3.05) is 11.9 Å². The largest absolute Gasteiger partial charge is 0.383 e. The van der Waals surface area contributed by atoms with Crippen molar-refractivity contribution in [2.45, 2.75) is 25.9 Å². The first-order valence-electron chi connectivity index (χ1n) is 6.92. The van der Waals surface area contributed by atoms with Gasteiger partial charge in [-0.25, -0.2) is 4.79 Å². The molecule has 112 valence electrons. The van der Waals surface area contributed by atoms with Crippen molar-refractivity contribution in [1.29, 1.82) is 0 Å². The number of hydrogen-bond donors (Lipinski definition) is 3. The van der Waals surface area contributed by atoms with Crippen LogP contribution in [-0.4, -0.2) is 17.7 Å². The van der Waals surface area contributed by atoms with E-state index >= 15 is 0 Å². The summed E-state index contributed by atoms with van der Waals surface area (Å²) in [5.74, 6) is 0. The predicted molar refractivity (Wildman–Crippen MR) is 86.7 cm³/mol. The molecule has 21 heavy (non-hydrogen) atoms. The second kappa shape index (κ2) is 6.74. The Labute approximate surface area is 128 Å². The number of benzene rings is 1. The van der Waals surface area contributed by atoms with Crippen LogP contribution in [-0.2, 0) is 12.0 Å². The van der Waals surface area contributed by atoms with Crippen molar-refractivity contribution >= 4 is 23.1 Å². The predicted octanol–water partition coefficient (Wildman–Crippen LogP) is 3.34. The number of aryl methyl sites for hydroxylation is 1. The standard InChI is InChI=1S/C16H20N2O2S/c1-3-12-7-4-5-8-13(12)18-15(19)17-11-16(2,20)14-9-6-10-21-14/h4-10,20H,3,11H2,1-2H3,(H2,17,18,19). The Hall–Kier alpha value is -1.85. The first-order chi connectivity index (χ1) is 10.0. The minimum atomic E-state index is -1.06. The van der Waals surface area contributed by atoms with Crippen LogP contribution < -0.4 is 10.6 Å². The molecule has 1 aromatic heterocycles. The molecule has 0 saturated carbocycles. The molecule has 0 aliphatic heterocycles. The minimum Gasteiger partial charge on any atom is -0.383 e. The van der Waals surface area contributed by atoms with Crippen LogP contribution >= 0.6 is 11.3 Å². The lowest BCUT2D eigenvalue weighted by Gasteiger charge is -2.22. The monoisotopic (exact) mass is 304 g/mol. The number of rotatable bonds is 5. The average molecular weight is 304 g/mol. The summed E-state index contributed by atoms with van der Waals surface area (Å²) in [4.78, 5) is 12.8. The van der Waals surface area contributed by atoms with Crippen LogP contribution in [0.25, 0.3) is 0 Å². The van der Waals surface area contributed by atoms with Crippen LogP contribution in [0, 0.1) is 0 Å². The Bertz CT molecular complexity index is 594. The smallest absolute Gasteiger partial charge is 0.319 e. The van der Waals surface area contributed by atoms with Gasteiger partial charge >= 0.3 is 6.03 Å². The molecule has 1 atom stereocenters. The Morgan fingerprint density at radius 3 is 2.71 bits per heavy atom. The van der Waals surface area contributed by atoms with E-state index in [4.69, 9.17) is 0 Å². The van der Waals surface area contributed by atoms with E-state index in [0.29, 0.717) is 0 Å². The van der Waals surface area contributed by atoms with Crippen molar-refractivity contribution in [2.24, 2.45) is 0 Å². The summed E-state index contributed by atoms with van der Waals surface area (Å²) in [5.41, 5.74) is 0.821. The van der Waals surface area contributed by atoms with Crippen LogP contribution in [0.4, 0.5) is 10.5 Å². The third kappa shape index (κ3) is 4.06. The molecule has 0 aliphatic carbocycles. The summed E-state index contributed by atoms with van der Waals surface area (Å²) in [7, 11) is 0. The van der Waals surface area contributed by atoms with Crippen molar-refractivity contribution in [3.8, 4) is 0 Å². The van der Waals surface area contributed by atoms with E-state index in [1.807, 2.05) is 48.7 Å². The number of urea groups is 1. The highest BCUT2D eigenvalue weighted by atomic mass is 32.1. The van der Waals surface area contributed by atoms with Gasteiger partial charge in [-0.1, -0.05) is 31.2 Å². The van der Waals surface area contributed by atoms with Crippen molar-refractivity contribution in [3.63, 3.8) is 0 Å². The van der Waals surface area contributed by atoms with E-state index in [1.165, 1.54) is 11.3 Å². The van der Waals surface area contributed by atoms with E-state index in [1.54, 1.807) is 6.92 Å². The van der Waals surface area contributed by atoms with Gasteiger partial charge in [-0.3, -0.25) is 0 Å². The van der Waals surface area contributed by atoms with Crippen molar-refractivity contribution in [1.82, 2.24) is 5.32 Å². The average Bonchev–Trinajstić information content (AvgIpc) is 3.01. The van der Waals surface area contributed by atoms with E-state index in [2.05, 4.69) is 10.6 Å². The summed E-state index contributed by atoms with van der Waals surface area (Å²) < 4.78 is 0. The van der Waals surface area contributed by atoms with Crippen LogP contribution in [0.2, 0.25) is 0 Å². The summed E-state index contributed by atoms with van der Waals surface area (Å²) >= 11 is 1.47. The van der Waals surface area contributed by atoms with Gasteiger partial charge in [0.2, 0.25) is 0 Å². The molecule has 1 aromatic carbocycles. The number of thiophene rings is 1. The molecule has 3 N–H and O–H groups in total. The highest BCUT2D eigenvalue weighted by Gasteiger charge is 2.24. The highest BCUT2D eigenvalue weighted by molar-refractivity contribution is 7.10. The fraction of sp³-hybridized carbons (Fsp3) is 0.312. The van der Waals surface area contributed by atoms with Crippen molar-refractivity contribution in [3.05, 3.63) is 52.2 Å². The number of nitrogens with one attached hydrogen (secondary N) is 2. The van der Waals surface area contributed by atoms with E-state index in [-0.39, 0.29) is 12.6 Å². The number of carbonyl (C=O) groups is 1. The van der Waals surface area contributed by atoms with Crippen LogP contribution in [0.15, 0.2) is 41.8 Å². The zero-order chi connectivity index (χ0) is 15.3. The molecule has 0 aliphatic rings. The number of amides is 2. The number of para-hydroxylation sites is 1. The van der Waals surface area contributed by atoms with Gasteiger partial charge in [0.05, 0.1) is 6.54 Å². The fourth-order valence-corrected chi connectivity index (χ4v) is 2.83. The molecule has 4 nitrogen and oxygen atoms in total. The quantitative estimate of drug-likeness (QED) is 0.793.